The quantitative estimate of drug-likeness (QED) is 0.590. The molecule has 1 atom stereocenters. The highest BCUT2D eigenvalue weighted by Gasteiger charge is 2.50. The van der Waals surface area contributed by atoms with Crippen molar-refractivity contribution < 1.29 is 23.2 Å². The topological polar surface area (TPSA) is 78.5 Å². The molecule has 0 aliphatic carbocycles. The first-order valence-corrected chi connectivity index (χ1v) is 9.83. The van der Waals surface area contributed by atoms with Crippen LogP contribution in [0, 0.1) is 11.6 Å². The molecular weight excluding hydrogens is 416 g/mol. The van der Waals surface area contributed by atoms with E-state index < -0.39 is 29.1 Å². The molecule has 6 nitrogen and oxygen atoms in total. The lowest BCUT2D eigenvalue weighted by Gasteiger charge is -2.23. The Bertz CT molecular complexity index is 1200. The van der Waals surface area contributed by atoms with Crippen LogP contribution in [0.3, 0.4) is 0 Å². The van der Waals surface area contributed by atoms with Gasteiger partial charge < -0.3 is 10.6 Å². The van der Waals surface area contributed by atoms with Gasteiger partial charge >= 0.3 is 6.03 Å². The molecule has 3 aromatic carbocycles. The van der Waals surface area contributed by atoms with Gasteiger partial charge in [-0.1, -0.05) is 30.3 Å². The first-order valence-electron chi connectivity index (χ1n) is 9.83. The predicted octanol–water partition coefficient (Wildman–Crippen LogP) is 4.18. The van der Waals surface area contributed by atoms with E-state index in [1.807, 2.05) is 6.07 Å². The third-order valence-corrected chi connectivity index (χ3v) is 5.33. The maximum Gasteiger partial charge on any atom is 0.325 e. The van der Waals surface area contributed by atoms with Gasteiger partial charge in [0, 0.05) is 16.8 Å². The zero-order valence-corrected chi connectivity index (χ0v) is 17.1. The minimum Gasteiger partial charge on any atom is -0.322 e. The minimum atomic E-state index is -1.72. The van der Waals surface area contributed by atoms with Crippen molar-refractivity contribution >= 4 is 23.5 Å². The van der Waals surface area contributed by atoms with E-state index in [0.29, 0.717) is 16.8 Å². The van der Waals surface area contributed by atoms with Crippen LogP contribution in [0.1, 0.15) is 28.4 Å². The smallest absolute Gasteiger partial charge is 0.322 e. The monoisotopic (exact) mass is 435 g/mol. The van der Waals surface area contributed by atoms with Crippen LogP contribution in [0.15, 0.2) is 72.8 Å². The van der Waals surface area contributed by atoms with E-state index >= 15 is 0 Å². The Hall–Kier alpha value is -4.07. The Morgan fingerprint density at radius 3 is 2.38 bits per heavy atom. The lowest BCUT2D eigenvalue weighted by molar-refractivity contribution is -0.131. The molecule has 4 amide bonds. The van der Waals surface area contributed by atoms with Gasteiger partial charge in [-0.25, -0.2) is 13.6 Å². The number of carbonyl (C=O) groups excluding carboxylic acids is 3. The second-order valence-electron chi connectivity index (χ2n) is 7.59. The number of para-hydroxylation sites is 1. The van der Waals surface area contributed by atoms with Crippen LogP contribution in [0.25, 0.3) is 0 Å². The van der Waals surface area contributed by atoms with E-state index in [1.165, 1.54) is 6.92 Å². The molecule has 1 saturated heterocycles. The molecule has 3 aromatic rings. The van der Waals surface area contributed by atoms with E-state index in [0.717, 1.165) is 23.1 Å². The lowest BCUT2D eigenvalue weighted by atomic mass is 9.91. The number of halogens is 2. The number of imide groups is 1. The van der Waals surface area contributed by atoms with Crippen molar-refractivity contribution in [2.24, 2.45) is 0 Å². The van der Waals surface area contributed by atoms with Crippen molar-refractivity contribution in [1.82, 2.24) is 10.2 Å². The normalized spacial score (nSPS) is 17.9. The van der Waals surface area contributed by atoms with Crippen molar-refractivity contribution in [3.05, 3.63) is 101 Å². The van der Waals surface area contributed by atoms with Crippen molar-refractivity contribution in [3.8, 4) is 0 Å². The van der Waals surface area contributed by atoms with Crippen molar-refractivity contribution in [2.75, 3.05) is 5.32 Å². The molecule has 8 heteroatoms. The van der Waals surface area contributed by atoms with Gasteiger partial charge in [0.15, 0.2) is 0 Å². The van der Waals surface area contributed by atoms with E-state index in [-0.39, 0.29) is 18.0 Å². The summed E-state index contributed by atoms with van der Waals surface area (Å²) in [6.07, 6.45) is 0. The second kappa shape index (κ2) is 8.22. The first-order chi connectivity index (χ1) is 15.3. The number of urea groups is 1. The van der Waals surface area contributed by atoms with E-state index in [4.69, 9.17) is 0 Å². The Kier molecular flexibility index (Phi) is 5.44. The van der Waals surface area contributed by atoms with E-state index in [2.05, 4.69) is 10.6 Å². The van der Waals surface area contributed by atoms with Gasteiger partial charge in [-0.2, -0.15) is 0 Å². The summed E-state index contributed by atoms with van der Waals surface area (Å²) >= 11 is 0. The maximum atomic E-state index is 14.3. The van der Waals surface area contributed by atoms with E-state index in [9.17, 15) is 23.2 Å². The average molecular weight is 435 g/mol. The number of rotatable bonds is 5. The van der Waals surface area contributed by atoms with Crippen molar-refractivity contribution in [2.45, 2.75) is 19.0 Å². The fourth-order valence-electron chi connectivity index (χ4n) is 3.57. The number of nitrogens with one attached hydrogen (secondary N) is 2. The van der Waals surface area contributed by atoms with Crippen LogP contribution in [0.2, 0.25) is 0 Å². The van der Waals surface area contributed by atoms with Crippen molar-refractivity contribution in [1.29, 1.82) is 0 Å². The summed E-state index contributed by atoms with van der Waals surface area (Å²) < 4.78 is 27.9. The van der Waals surface area contributed by atoms with Crippen LogP contribution in [-0.2, 0) is 16.9 Å². The number of hydrogen-bond donors (Lipinski definition) is 2. The number of benzene rings is 3. The highest BCUT2D eigenvalue weighted by atomic mass is 19.1. The van der Waals surface area contributed by atoms with Gasteiger partial charge in [0.25, 0.3) is 11.8 Å². The minimum absolute atomic E-state index is 0.0855. The molecule has 1 aliphatic heterocycles. The molecule has 0 aromatic heterocycles. The maximum absolute atomic E-state index is 14.3. The molecule has 0 unspecified atom stereocenters. The van der Waals surface area contributed by atoms with Crippen LogP contribution >= 0.6 is 0 Å². The fourth-order valence-corrected chi connectivity index (χ4v) is 3.57. The molecule has 1 heterocycles. The zero-order chi connectivity index (χ0) is 22.9. The number of carbonyl (C=O) groups is 3. The van der Waals surface area contributed by atoms with Gasteiger partial charge in [-0.15, -0.1) is 0 Å². The molecule has 4 rings (SSSR count). The van der Waals surface area contributed by atoms with Crippen LogP contribution in [-0.4, -0.2) is 22.7 Å². The summed E-state index contributed by atoms with van der Waals surface area (Å²) in [5.74, 6) is -2.50. The first kappa shape index (κ1) is 21.2. The summed E-state index contributed by atoms with van der Waals surface area (Å²) in [5.41, 5.74) is -0.315. The van der Waals surface area contributed by atoms with E-state index in [1.54, 1.807) is 48.5 Å². The molecular formula is C24H19F2N3O3. The Morgan fingerprint density at radius 2 is 1.69 bits per heavy atom. The Balaban J connectivity index is 1.49. The van der Waals surface area contributed by atoms with Crippen LogP contribution in [0.5, 0.6) is 0 Å². The van der Waals surface area contributed by atoms with Gasteiger partial charge in [0.05, 0.1) is 6.54 Å². The summed E-state index contributed by atoms with van der Waals surface area (Å²) in [4.78, 5) is 38.7. The Morgan fingerprint density at radius 1 is 1.00 bits per heavy atom. The largest absolute Gasteiger partial charge is 0.325 e. The molecule has 0 saturated carbocycles. The number of nitrogens with zero attached hydrogens (tertiary/aromatic N) is 1. The highest BCUT2D eigenvalue weighted by molar-refractivity contribution is 6.07. The molecule has 0 spiro atoms. The van der Waals surface area contributed by atoms with Crippen LogP contribution < -0.4 is 10.6 Å². The lowest BCUT2D eigenvalue weighted by Crippen LogP contribution is -2.41. The van der Waals surface area contributed by atoms with Gasteiger partial charge in [0.1, 0.15) is 17.2 Å². The summed E-state index contributed by atoms with van der Waals surface area (Å²) in [7, 11) is 0. The number of anilines is 1. The van der Waals surface area contributed by atoms with Gasteiger partial charge in [-0.05, 0) is 55.0 Å². The summed E-state index contributed by atoms with van der Waals surface area (Å²) in [5, 5.41) is 5.23. The zero-order valence-electron chi connectivity index (χ0n) is 17.1. The number of amides is 4. The van der Waals surface area contributed by atoms with Gasteiger partial charge in [-0.3, -0.25) is 14.5 Å². The standard InChI is InChI=1S/C24H19F2N3O3/c1-24(19-13-17(25)11-12-20(19)26)22(31)29(23(32)28-24)14-15-7-9-16(10-8-15)21(30)27-18-5-3-2-4-6-18/h2-13H,14H2,1H3,(H,27,30)(H,28,32)/t24-/m1/s1. The Labute approximate surface area is 182 Å². The fraction of sp³-hybridized carbons (Fsp3) is 0.125. The second-order valence-corrected chi connectivity index (χ2v) is 7.59. The molecule has 1 fully saturated rings. The average Bonchev–Trinajstić information content (AvgIpc) is 3.00. The highest BCUT2D eigenvalue weighted by Crippen LogP contribution is 2.32. The molecule has 162 valence electrons. The molecule has 1 aliphatic rings. The van der Waals surface area contributed by atoms with Gasteiger partial charge in [0.2, 0.25) is 0 Å². The van der Waals surface area contributed by atoms with Crippen molar-refractivity contribution in [3.63, 3.8) is 0 Å². The molecule has 32 heavy (non-hydrogen) atoms. The van der Waals surface area contributed by atoms with Crippen LogP contribution in [0.4, 0.5) is 19.3 Å². The molecule has 2 N–H and O–H groups in total. The predicted molar refractivity (Wildman–Crippen MR) is 114 cm³/mol. The SMILES string of the molecule is C[C@]1(c2cc(F)ccc2F)NC(=O)N(Cc2ccc(C(=O)Nc3ccccc3)cc2)C1=O. The third-order valence-electron chi connectivity index (χ3n) is 5.33. The molecule has 0 bridgehead atoms. The third kappa shape index (κ3) is 3.94. The molecule has 0 radical (unpaired) electrons. The number of hydrogen-bond acceptors (Lipinski definition) is 3. The summed E-state index contributed by atoms with van der Waals surface area (Å²) in [6, 6.07) is 17.4. The summed E-state index contributed by atoms with van der Waals surface area (Å²) in [6.45, 7) is 1.25.